The van der Waals surface area contributed by atoms with E-state index in [1.54, 1.807) is 0 Å². The van der Waals surface area contributed by atoms with Gasteiger partial charge in [0.25, 0.3) is 5.91 Å². The first kappa shape index (κ1) is 21.6. The second kappa shape index (κ2) is 7.60. The number of hydroxylamine groups is 1. The Balaban J connectivity index is 1.68. The lowest BCUT2D eigenvalue weighted by Gasteiger charge is -2.40. The maximum atomic E-state index is 13.8. The maximum absolute atomic E-state index is 13.8. The number of sulfonamides is 1. The minimum Gasteiger partial charge on any atom is -0.321 e. The monoisotopic (exact) mass is 425 g/mol. The van der Waals surface area contributed by atoms with Crippen molar-refractivity contribution in [3.63, 3.8) is 0 Å². The van der Waals surface area contributed by atoms with Gasteiger partial charge >= 0.3 is 0 Å². The number of amides is 1. The van der Waals surface area contributed by atoms with Gasteiger partial charge in [0.1, 0.15) is 17.1 Å². The molecule has 0 aromatic heterocycles. The highest BCUT2D eigenvalue weighted by Gasteiger charge is 2.42. The molecule has 0 saturated heterocycles. The Labute approximate surface area is 171 Å². The van der Waals surface area contributed by atoms with Crippen molar-refractivity contribution in [1.82, 2.24) is 5.48 Å². The van der Waals surface area contributed by atoms with E-state index in [-0.39, 0.29) is 16.8 Å². The molecule has 9 heteroatoms. The van der Waals surface area contributed by atoms with Crippen molar-refractivity contribution >= 4 is 27.3 Å². The van der Waals surface area contributed by atoms with E-state index in [9.17, 15) is 17.6 Å². The highest BCUT2D eigenvalue weighted by Crippen LogP contribution is 2.44. The number of halogens is 1. The molecule has 1 aliphatic carbocycles. The van der Waals surface area contributed by atoms with Crippen LogP contribution in [-0.2, 0) is 19.7 Å². The van der Waals surface area contributed by atoms with Crippen LogP contribution in [0.5, 0.6) is 0 Å². The number of carbonyl (C=O) groups excluding carboxylic acids is 1. The number of nitrogens with one attached hydrogen (secondary N) is 3. The lowest BCUT2D eigenvalue weighted by molar-refractivity contribution is -0.115. The molecular formula is C20H28FN3O4S. The number of benzene rings is 1. The maximum Gasteiger partial charge on any atom is 0.273 e. The zero-order valence-corrected chi connectivity index (χ0v) is 18.0. The third-order valence-corrected chi connectivity index (χ3v) is 6.18. The van der Waals surface area contributed by atoms with E-state index in [0.717, 1.165) is 38.0 Å². The van der Waals surface area contributed by atoms with Gasteiger partial charge in [-0.15, -0.1) is 0 Å². The first-order valence-corrected chi connectivity index (χ1v) is 11.5. The molecule has 1 fully saturated rings. The van der Waals surface area contributed by atoms with Crippen LogP contribution in [0.1, 0.15) is 46.5 Å². The SMILES string of the molecule is CC(C)(C)C1CCC2(C=C(C(=O)Nc3ccc(F)c(NS(C)(=O)=O)c3)NO2)CC1. The molecule has 0 radical (unpaired) electrons. The van der Waals surface area contributed by atoms with Gasteiger partial charge in [0.2, 0.25) is 10.0 Å². The first-order valence-electron chi connectivity index (χ1n) is 9.62. The first-order chi connectivity index (χ1) is 13.4. The molecule has 1 heterocycles. The second-order valence-corrected chi connectivity index (χ2v) is 10.7. The van der Waals surface area contributed by atoms with Gasteiger partial charge in [0.05, 0.1) is 11.9 Å². The summed E-state index contributed by atoms with van der Waals surface area (Å²) in [5, 5.41) is 2.64. The fraction of sp³-hybridized carbons (Fsp3) is 0.550. The van der Waals surface area contributed by atoms with E-state index in [4.69, 9.17) is 4.84 Å². The van der Waals surface area contributed by atoms with Crippen molar-refractivity contribution in [1.29, 1.82) is 0 Å². The van der Waals surface area contributed by atoms with Gasteiger partial charge in [-0.1, -0.05) is 20.8 Å². The molecule has 2 aliphatic rings. The van der Waals surface area contributed by atoms with Gasteiger partial charge in [0, 0.05) is 5.69 Å². The van der Waals surface area contributed by atoms with Gasteiger partial charge in [-0.25, -0.2) is 12.8 Å². The van der Waals surface area contributed by atoms with Gasteiger partial charge in [-0.3, -0.25) is 19.8 Å². The number of hydrogen-bond acceptors (Lipinski definition) is 5. The van der Waals surface area contributed by atoms with Crippen molar-refractivity contribution < 1.29 is 22.4 Å². The lowest BCUT2D eigenvalue weighted by Crippen LogP contribution is -2.37. The Bertz CT molecular complexity index is 930. The molecule has 3 N–H and O–H groups in total. The van der Waals surface area contributed by atoms with Crippen molar-refractivity contribution in [3.8, 4) is 0 Å². The van der Waals surface area contributed by atoms with Gasteiger partial charge in [-0.05, 0) is 61.3 Å². The molecule has 0 bridgehead atoms. The average Bonchev–Trinajstić information content (AvgIpc) is 3.00. The van der Waals surface area contributed by atoms with Crippen LogP contribution in [0.2, 0.25) is 0 Å². The van der Waals surface area contributed by atoms with Crippen LogP contribution >= 0.6 is 0 Å². The quantitative estimate of drug-likeness (QED) is 0.686. The molecule has 1 amide bonds. The zero-order chi connectivity index (χ0) is 21.4. The summed E-state index contributed by atoms with van der Waals surface area (Å²) in [7, 11) is -3.64. The summed E-state index contributed by atoms with van der Waals surface area (Å²) in [4.78, 5) is 18.4. The second-order valence-electron chi connectivity index (χ2n) is 8.99. The summed E-state index contributed by atoms with van der Waals surface area (Å²) < 4.78 is 38.6. The van der Waals surface area contributed by atoms with E-state index < -0.39 is 27.3 Å². The summed E-state index contributed by atoms with van der Waals surface area (Å²) in [5.41, 5.74) is 2.81. The molecule has 1 saturated carbocycles. The predicted molar refractivity (Wildman–Crippen MR) is 110 cm³/mol. The van der Waals surface area contributed by atoms with E-state index in [0.29, 0.717) is 11.6 Å². The Kier molecular flexibility index (Phi) is 5.66. The smallest absolute Gasteiger partial charge is 0.273 e. The van der Waals surface area contributed by atoms with Gasteiger partial charge in [-0.2, -0.15) is 0 Å². The minimum atomic E-state index is -3.64. The lowest BCUT2D eigenvalue weighted by atomic mass is 9.68. The number of rotatable bonds is 4. The summed E-state index contributed by atoms with van der Waals surface area (Å²) in [6.07, 6.45) is 6.45. The minimum absolute atomic E-state index is 0.230. The summed E-state index contributed by atoms with van der Waals surface area (Å²) in [6.45, 7) is 6.73. The molecule has 7 nitrogen and oxygen atoms in total. The van der Waals surface area contributed by atoms with Gasteiger partial charge < -0.3 is 5.32 Å². The van der Waals surface area contributed by atoms with Crippen molar-refractivity contribution in [2.45, 2.75) is 52.1 Å². The van der Waals surface area contributed by atoms with Crippen LogP contribution in [-0.4, -0.2) is 26.2 Å². The molecule has 0 atom stereocenters. The third kappa shape index (κ3) is 5.27. The van der Waals surface area contributed by atoms with E-state index in [2.05, 4.69) is 36.3 Å². The van der Waals surface area contributed by atoms with Crippen LogP contribution in [0.3, 0.4) is 0 Å². The highest BCUT2D eigenvalue weighted by atomic mass is 32.2. The molecule has 3 rings (SSSR count). The van der Waals surface area contributed by atoms with E-state index >= 15 is 0 Å². The number of hydrogen-bond donors (Lipinski definition) is 3. The Morgan fingerprint density at radius 2 is 1.93 bits per heavy atom. The van der Waals surface area contributed by atoms with Crippen LogP contribution in [0.25, 0.3) is 0 Å². The van der Waals surface area contributed by atoms with Crippen molar-refractivity contribution in [2.24, 2.45) is 11.3 Å². The summed E-state index contributed by atoms with van der Waals surface area (Å²) in [5.74, 6) is -0.552. The van der Waals surface area contributed by atoms with E-state index in [1.807, 2.05) is 6.08 Å². The molecule has 1 spiro atoms. The van der Waals surface area contributed by atoms with Crippen LogP contribution in [0.15, 0.2) is 30.0 Å². The van der Waals surface area contributed by atoms with Gasteiger partial charge in [0.15, 0.2) is 0 Å². The molecule has 29 heavy (non-hydrogen) atoms. The highest BCUT2D eigenvalue weighted by molar-refractivity contribution is 7.92. The molecule has 1 aromatic carbocycles. The number of carbonyl (C=O) groups is 1. The summed E-state index contributed by atoms with van der Waals surface area (Å²) >= 11 is 0. The van der Waals surface area contributed by atoms with Crippen LogP contribution in [0.4, 0.5) is 15.8 Å². The molecule has 160 valence electrons. The summed E-state index contributed by atoms with van der Waals surface area (Å²) in [6, 6.07) is 3.68. The van der Waals surface area contributed by atoms with Crippen molar-refractivity contribution in [2.75, 3.05) is 16.3 Å². The fourth-order valence-corrected chi connectivity index (χ4v) is 4.44. The average molecular weight is 426 g/mol. The molecular weight excluding hydrogens is 397 g/mol. The zero-order valence-electron chi connectivity index (χ0n) is 17.1. The van der Waals surface area contributed by atoms with Crippen LogP contribution < -0.4 is 15.5 Å². The topological polar surface area (TPSA) is 96.5 Å². The molecule has 0 unspecified atom stereocenters. The Morgan fingerprint density at radius 3 is 2.52 bits per heavy atom. The van der Waals surface area contributed by atoms with E-state index in [1.165, 1.54) is 12.1 Å². The Morgan fingerprint density at radius 1 is 1.28 bits per heavy atom. The standard InChI is InChI=1S/C20H28FN3O4S/c1-19(2,3)13-7-9-20(10-8-13)12-17(23-28-20)18(25)22-14-5-6-15(21)16(11-14)24-29(4,26)27/h5-6,11-13,23-24H,7-10H2,1-4H3,(H,22,25). The van der Waals surface area contributed by atoms with Crippen LogP contribution in [0, 0.1) is 17.2 Å². The molecule has 1 aromatic rings. The normalized spacial score (nSPS) is 24.7. The largest absolute Gasteiger partial charge is 0.321 e. The Hall–Kier alpha value is -2.13. The predicted octanol–water partition coefficient (Wildman–Crippen LogP) is 3.53. The number of anilines is 2. The van der Waals surface area contributed by atoms with Crippen molar-refractivity contribution in [3.05, 3.63) is 35.8 Å². The fourth-order valence-electron chi connectivity index (χ4n) is 3.89. The third-order valence-electron chi connectivity index (χ3n) is 5.59. The molecule has 1 aliphatic heterocycles.